The lowest BCUT2D eigenvalue weighted by Gasteiger charge is -2.31. The molecule has 26 heavy (non-hydrogen) atoms. The number of aromatic nitrogens is 4. The van der Waals surface area contributed by atoms with Crippen molar-refractivity contribution < 1.29 is 4.79 Å². The highest BCUT2D eigenvalue weighted by Crippen LogP contribution is 2.31. The Kier molecular flexibility index (Phi) is 5.58. The topological polar surface area (TPSA) is 63.9 Å². The van der Waals surface area contributed by atoms with Gasteiger partial charge in [-0.25, -0.2) is 9.97 Å². The molecule has 138 valence electrons. The van der Waals surface area contributed by atoms with Gasteiger partial charge in [0.25, 0.3) is 0 Å². The van der Waals surface area contributed by atoms with Gasteiger partial charge in [0, 0.05) is 43.0 Å². The fraction of sp³-hybridized carbons (Fsp3) is 0.444. The third-order valence-corrected chi connectivity index (χ3v) is 5.68. The molecule has 0 spiro atoms. The van der Waals surface area contributed by atoms with Crippen LogP contribution in [0.25, 0.3) is 11.0 Å². The summed E-state index contributed by atoms with van der Waals surface area (Å²) < 4.78 is 1.85. The molecule has 0 N–H and O–H groups in total. The van der Waals surface area contributed by atoms with Gasteiger partial charge in [-0.05, 0) is 31.9 Å². The molecule has 0 radical (unpaired) electrons. The maximum Gasteiger partial charge on any atom is 0.228 e. The minimum absolute atomic E-state index is 0. The van der Waals surface area contributed by atoms with Gasteiger partial charge in [-0.3, -0.25) is 9.48 Å². The van der Waals surface area contributed by atoms with E-state index in [2.05, 4.69) is 16.0 Å². The summed E-state index contributed by atoms with van der Waals surface area (Å²) in [5.74, 6) is 0.565. The van der Waals surface area contributed by atoms with Crippen LogP contribution < -0.4 is 0 Å². The lowest BCUT2D eigenvalue weighted by Crippen LogP contribution is -2.39. The molecule has 4 heterocycles. The van der Waals surface area contributed by atoms with E-state index >= 15 is 0 Å². The first-order chi connectivity index (χ1) is 12.1. The molecule has 0 unspecified atom stereocenters. The van der Waals surface area contributed by atoms with Crippen LogP contribution in [-0.4, -0.2) is 43.6 Å². The number of rotatable bonds is 3. The first-order valence-electron chi connectivity index (χ1n) is 8.58. The molecule has 0 bridgehead atoms. The van der Waals surface area contributed by atoms with E-state index in [9.17, 15) is 4.79 Å². The van der Waals surface area contributed by atoms with Crippen LogP contribution in [0.4, 0.5) is 0 Å². The maximum atomic E-state index is 12.5. The van der Waals surface area contributed by atoms with Gasteiger partial charge in [0.1, 0.15) is 0 Å². The SMILES string of the molecule is Cc1nc(CC(=O)N2CCC(c3nn(C)c4ncccc34)CC2)cs1.Cl. The molecule has 8 heteroatoms. The fourth-order valence-electron chi connectivity index (χ4n) is 3.58. The molecule has 0 saturated carbocycles. The molecule has 1 saturated heterocycles. The van der Waals surface area contributed by atoms with Crippen molar-refractivity contribution in [1.82, 2.24) is 24.6 Å². The number of nitrogens with zero attached hydrogens (tertiary/aromatic N) is 5. The molecule has 1 fully saturated rings. The zero-order chi connectivity index (χ0) is 17.4. The molecule has 3 aromatic heterocycles. The number of carbonyl (C=O) groups excluding carboxylic acids is 1. The van der Waals surface area contributed by atoms with Crippen molar-refractivity contribution >= 4 is 40.7 Å². The van der Waals surface area contributed by atoms with Crippen LogP contribution in [0.2, 0.25) is 0 Å². The van der Waals surface area contributed by atoms with E-state index in [4.69, 9.17) is 5.10 Å². The third kappa shape index (κ3) is 3.59. The van der Waals surface area contributed by atoms with Gasteiger partial charge in [-0.1, -0.05) is 0 Å². The Morgan fingerprint density at radius 3 is 2.81 bits per heavy atom. The van der Waals surface area contributed by atoms with Crippen molar-refractivity contribution in [2.24, 2.45) is 7.05 Å². The second kappa shape index (κ2) is 7.72. The Morgan fingerprint density at radius 2 is 2.12 bits per heavy atom. The van der Waals surface area contributed by atoms with Crippen LogP contribution in [-0.2, 0) is 18.3 Å². The average Bonchev–Trinajstić information content (AvgIpc) is 3.19. The van der Waals surface area contributed by atoms with Crippen molar-refractivity contribution in [2.45, 2.75) is 32.1 Å². The number of thiazole rings is 1. The lowest BCUT2D eigenvalue weighted by molar-refractivity contribution is -0.131. The summed E-state index contributed by atoms with van der Waals surface area (Å²) in [7, 11) is 1.94. The molecule has 6 nitrogen and oxygen atoms in total. The molecule has 1 aliphatic rings. The van der Waals surface area contributed by atoms with Gasteiger partial charge < -0.3 is 4.90 Å². The van der Waals surface area contributed by atoms with Gasteiger partial charge in [0.15, 0.2) is 5.65 Å². The highest BCUT2D eigenvalue weighted by atomic mass is 35.5. The van der Waals surface area contributed by atoms with Crippen molar-refractivity contribution in [3.8, 4) is 0 Å². The number of aryl methyl sites for hydroxylation is 2. The number of pyridine rings is 1. The first kappa shape index (κ1) is 18.8. The van der Waals surface area contributed by atoms with Gasteiger partial charge in [0.05, 0.1) is 22.8 Å². The van der Waals surface area contributed by atoms with Crippen LogP contribution in [0.1, 0.15) is 35.2 Å². The highest BCUT2D eigenvalue weighted by molar-refractivity contribution is 7.09. The van der Waals surface area contributed by atoms with Crippen LogP contribution in [0.15, 0.2) is 23.7 Å². The van der Waals surface area contributed by atoms with E-state index in [1.165, 1.54) is 0 Å². The smallest absolute Gasteiger partial charge is 0.228 e. The monoisotopic (exact) mass is 391 g/mol. The van der Waals surface area contributed by atoms with E-state index in [1.54, 1.807) is 17.5 Å². The Bertz CT molecular complexity index is 913. The fourth-order valence-corrected chi connectivity index (χ4v) is 4.19. The Labute approximate surface area is 162 Å². The molecule has 1 amide bonds. The average molecular weight is 392 g/mol. The number of carbonyl (C=O) groups is 1. The maximum absolute atomic E-state index is 12.5. The Morgan fingerprint density at radius 1 is 1.35 bits per heavy atom. The summed E-state index contributed by atoms with van der Waals surface area (Å²) in [4.78, 5) is 23.3. The molecule has 0 aromatic carbocycles. The van der Waals surface area contributed by atoms with Gasteiger partial charge in [-0.2, -0.15) is 5.10 Å². The summed E-state index contributed by atoms with van der Waals surface area (Å²) in [6.45, 7) is 3.53. The minimum Gasteiger partial charge on any atom is -0.342 e. The van der Waals surface area contributed by atoms with Crippen molar-refractivity contribution in [3.05, 3.63) is 40.1 Å². The van der Waals surface area contributed by atoms with Gasteiger partial charge in [0.2, 0.25) is 5.91 Å². The zero-order valence-electron chi connectivity index (χ0n) is 14.9. The summed E-state index contributed by atoms with van der Waals surface area (Å²) in [6.07, 6.45) is 4.10. The minimum atomic E-state index is 0. The van der Waals surface area contributed by atoms with Crippen molar-refractivity contribution in [3.63, 3.8) is 0 Å². The standard InChI is InChI=1S/C18H21N5OS.ClH/c1-12-20-14(11-25-12)10-16(24)23-8-5-13(6-9-23)17-15-4-3-7-19-18(15)22(2)21-17;/h3-4,7,11,13H,5-6,8-10H2,1-2H3;1H. The van der Waals surface area contributed by atoms with Crippen LogP contribution in [0.5, 0.6) is 0 Å². The van der Waals surface area contributed by atoms with Crippen molar-refractivity contribution in [2.75, 3.05) is 13.1 Å². The summed E-state index contributed by atoms with van der Waals surface area (Å²) in [5.41, 5.74) is 2.93. The summed E-state index contributed by atoms with van der Waals surface area (Å²) in [5, 5.41) is 8.82. The molecule has 1 aliphatic heterocycles. The number of hydrogen-bond acceptors (Lipinski definition) is 5. The second-order valence-electron chi connectivity index (χ2n) is 6.57. The summed E-state index contributed by atoms with van der Waals surface area (Å²) >= 11 is 1.60. The number of amides is 1. The van der Waals surface area contributed by atoms with Gasteiger partial charge in [-0.15, -0.1) is 23.7 Å². The highest BCUT2D eigenvalue weighted by Gasteiger charge is 2.27. The third-order valence-electron chi connectivity index (χ3n) is 4.86. The van der Waals surface area contributed by atoms with E-state index in [1.807, 2.05) is 35.0 Å². The van der Waals surface area contributed by atoms with E-state index in [0.717, 1.165) is 53.4 Å². The van der Waals surface area contributed by atoms with E-state index in [0.29, 0.717) is 12.3 Å². The predicted molar refractivity (Wildman–Crippen MR) is 105 cm³/mol. The van der Waals surface area contributed by atoms with Gasteiger partial charge >= 0.3 is 0 Å². The number of halogens is 1. The number of likely N-dealkylation sites (tertiary alicyclic amines) is 1. The number of piperidine rings is 1. The summed E-state index contributed by atoms with van der Waals surface area (Å²) in [6, 6.07) is 4.05. The normalized spacial score (nSPS) is 15.2. The molecule has 3 aromatic rings. The second-order valence-corrected chi connectivity index (χ2v) is 7.64. The molecule has 0 atom stereocenters. The number of fused-ring (bicyclic) bond motifs is 1. The number of hydrogen-bond donors (Lipinski definition) is 0. The molecule has 4 rings (SSSR count). The first-order valence-corrected chi connectivity index (χ1v) is 9.46. The largest absolute Gasteiger partial charge is 0.342 e. The Hall–Kier alpha value is -1.99. The quantitative estimate of drug-likeness (QED) is 0.688. The molecular weight excluding hydrogens is 370 g/mol. The van der Waals surface area contributed by atoms with Crippen LogP contribution >= 0.6 is 23.7 Å². The predicted octanol–water partition coefficient (Wildman–Crippen LogP) is 3.10. The zero-order valence-corrected chi connectivity index (χ0v) is 16.5. The Balaban J connectivity index is 0.00000196. The van der Waals surface area contributed by atoms with E-state index in [-0.39, 0.29) is 18.3 Å². The van der Waals surface area contributed by atoms with E-state index < -0.39 is 0 Å². The molecular formula is C18H22ClN5OS. The lowest BCUT2D eigenvalue weighted by atomic mass is 9.92. The van der Waals surface area contributed by atoms with Crippen LogP contribution in [0, 0.1) is 6.92 Å². The molecule has 0 aliphatic carbocycles. The van der Waals surface area contributed by atoms with Crippen molar-refractivity contribution in [1.29, 1.82) is 0 Å². The van der Waals surface area contributed by atoms with Crippen LogP contribution in [0.3, 0.4) is 0 Å².